The summed E-state index contributed by atoms with van der Waals surface area (Å²) in [6.07, 6.45) is 0.904. The van der Waals surface area contributed by atoms with Gasteiger partial charge in [-0.1, -0.05) is 6.07 Å². The van der Waals surface area contributed by atoms with Crippen LogP contribution in [0.4, 0.5) is 5.69 Å². The summed E-state index contributed by atoms with van der Waals surface area (Å²) in [7, 11) is 0. The fraction of sp³-hybridized carbons (Fsp3) is 0.231. The van der Waals surface area contributed by atoms with Crippen molar-refractivity contribution >= 4 is 17.0 Å². The summed E-state index contributed by atoms with van der Waals surface area (Å²) in [6, 6.07) is 9.63. The number of thiazole rings is 1. The standard InChI is InChI=1S/C13H13N3S/c1-10-16-13(9-17-10)5-6-15-12-4-2-3-11(7-12)8-14/h2-4,7,9,15H,5-6H2,1H3. The number of aryl methyl sites for hydroxylation is 1. The van der Waals surface area contributed by atoms with Crippen LogP contribution in [0.15, 0.2) is 29.6 Å². The van der Waals surface area contributed by atoms with Gasteiger partial charge in [-0.3, -0.25) is 0 Å². The topological polar surface area (TPSA) is 48.7 Å². The lowest BCUT2D eigenvalue weighted by Crippen LogP contribution is -2.05. The Kier molecular flexibility index (Phi) is 3.73. The second kappa shape index (κ2) is 5.46. The summed E-state index contributed by atoms with van der Waals surface area (Å²) in [6.45, 7) is 2.84. The molecule has 1 aromatic carbocycles. The van der Waals surface area contributed by atoms with E-state index < -0.39 is 0 Å². The Morgan fingerprint density at radius 2 is 2.35 bits per heavy atom. The molecule has 4 heteroatoms. The molecule has 0 radical (unpaired) electrons. The van der Waals surface area contributed by atoms with Gasteiger partial charge in [0.2, 0.25) is 0 Å². The van der Waals surface area contributed by atoms with Gasteiger partial charge < -0.3 is 5.32 Å². The van der Waals surface area contributed by atoms with Crippen LogP contribution in [0.2, 0.25) is 0 Å². The SMILES string of the molecule is Cc1nc(CCNc2cccc(C#N)c2)cs1. The third kappa shape index (κ3) is 3.30. The molecule has 1 aromatic heterocycles. The molecule has 86 valence electrons. The summed E-state index contributed by atoms with van der Waals surface area (Å²) in [5.74, 6) is 0. The maximum absolute atomic E-state index is 8.78. The number of aromatic nitrogens is 1. The quantitative estimate of drug-likeness (QED) is 0.898. The van der Waals surface area contributed by atoms with Crippen LogP contribution in [0.3, 0.4) is 0 Å². The monoisotopic (exact) mass is 243 g/mol. The Hall–Kier alpha value is -1.86. The van der Waals surface area contributed by atoms with E-state index >= 15 is 0 Å². The molecule has 0 fully saturated rings. The fourth-order valence-corrected chi connectivity index (χ4v) is 2.20. The van der Waals surface area contributed by atoms with E-state index in [4.69, 9.17) is 5.26 Å². The normalized spacial score (nSPS) is 9.88. The van der Waals surface area contributed by atoms with Gasteiger partial charge in [0.25, 0.3) is 0 Å². The molecular weight excluding hydrogens is 230 g/mol. The highest BCUT2D eigenvalue weighted by Gasteiger charge is 1.98. The highest BCUT2D eigenvalue weighted by atomic mass is 32.1. The van der Waals surface area contributed by atoms with E-state index in [1.165, 1.54) is 0 Å². The van der Waals surface area contributed by atoms with E-state index in [2.05, 4.69) is 21.8 Å². The first-order chi connectivity index (χ1) is 8.28. The van der Waals surface area contributed by atoms with Crippen LogP contribution in [0.5, 0.6) is 0 Å². The van der Waals surface area contributed by atoms with Crippen molar-refractivity contribution in [3.8, 4) is 6.07 Å². The Morgan fingerprint density at radius 3 is 3.06 bits per heavy atom. The highest BCUT2D eigenvalue weighted by molar-refractivity contribution is 7.09. The van der Waals surface area contributed by atoms with Crippen LogP contribution in [-0.2, 0) is 6.42 Å². The lowest BCUT2D eigenvalue weighted by Gasteiger charge is -2.04. The number of nitrogens with zero attached hydrogens (tertiary/aromatic N) is 2. The molecule has 0 aliphatic heterocycles. The molecule has 0 amide bonds. The smallest absolute Gasteiger partial charge is 0.0992 e. The van der Waals surface area contributed by atoms with Gasteiger partial charge in [-0.05, 0) is 25.1 Å². The van der Waals surface area contributed by atoms with E-state index in [1.807, 2.05) is 25.1 Å². The molecule has 0 aliphatic rings. The van der Waals surface area contributed by atoms with Crippen LogP contribution in [0.25, 0.3) is 0 Å². The largest absolute Gasteiger partial charge is 0.385 e. The number of hydrogen-bond donors (Lipinski definition) is 1. The molecule has 0 spiro atoms. The van der Waals surface area contributed by atoms with Crippen LogP contribution in [0.1, 0.15) is 16.3 Å². The van der Waals surface area contributed by atoms with Crippen LogP contribution in [-0.4, -0.2) is 11.5 Å². The van der Waals surface area contributed by atoms with Gasteiger partial charge >= 0.3 is 0 Å². The van der Waals surface area contributed by atoms with Crippen LogP contribution >= 0.6 is 11.3 Å². The van der Waals surface area contributed by atoms with Crippen LogP contribution in [0, 0.1) is 18.3 Å². The van der Waals surface area contributed by atoms with Crippen molar-refractivity contribution in [1.29, 1.82) is 5.26 Å². The molecule has 17 heavy (non-hydrogen) atoms. The zero-order chi connectivity index (χ0) is 12.1. The molecule has 0 saturated heterocycles. The third-order valence-electron chi connectivity index (χ3n) is 2.37. The lowest BCUT2D eigenvalue weighted by molar-refractivity contribution is 0.968. The van der Waals surface area contributed by atoms with Crippen molar-refractivity contribution in [3.05, 3.63) is 45.9 Å². The molecule has 1 N–H and O–H groups in total. The number of nitriles is 1. The van der Waals surface area contributed by atoms with Gasteiger partial charge in [0, 0.05) is 24.0 Å². The Balaban J connectivity index is 1.88. The average molecular weight is 243 g/mol. The molecule has 1 heterocycles. The Labute approximate surface area is 105 Å². The minimum absolute atomic E-state index is 0.680. The van der Waals surface area contributed by atoms with Gasteiger partial charge in [-0.2, -0.15) is 5.26 Å². The summed E-state index contributed by atoms with van der Waals surface area (Å²) in [4.78, 5) is 4.40. The van der Waals surface area contributed by atoms with Crippen molar-refractivity contribution < 1.29 is 0 Å². The zero-order valence-corrected chi connectivity index (χ0v) is 10.4. The predicted octanol–water partition coefficient (Wildman–Crippen LogP) is 2.98. The average Bonchev–Trinajstić information content (AvgIpc) is 2.75. The molecule has 0 aliphatic carbocycles. The molecule has 2 aromatic rings. The molecule has 0 unspecified atom stereocenters. The first-order valence-electron chi connectivity index (χ1n) is 5.43. The number of hydrogen-bond acceptors (Lipinski definition) is 4. The minimum Gasteiger partial charge on any atom is -0.385 e. The van der Waals surface area contributed by atoms with Crippen molar-refractivity contribution in [3.63, 3.8) is 0 Å². The van der Waals surface area contributed by atoms with Gasteiger partial charge in [-0.15, -0.1) is 11.3 Å². The van der Waals surface area contributed by atoms with Crippen molar-refractivity contribution in [2.75, 3.05) is 11.9 Å². The highest BCUT2D eigenvalue weighted by Crippen LogP contribution is 2.11. The van der Waals surface area contributed by atoms with Crippen molar-refractivity contribution in [1.82, 2.24) is 4.98 Å². The van der Waals surface area contributed by atoms with E-state index in [-0.39, 0.29) is 0 Å². The molecule has 0 atom stereocenters. The third-order valence-corrected chi connectivity index (χ3v) is 3.19. The second-order valence-electron chi connectivity index (χ2n) is 3.73. The summed E-state index contributed by atoms with van der Waals surface area (Å²) >= 11 is 1.67. The maximum atomic E-state index is 8.78. The molecule has 0 bridgehead atoms. The fourth-order valence-electron chi connectivity index (χ4n) is 1.56. The van der Waals surface area contributed by atoms with Gasteiger partial charge in [0.05, 0.1) is 22.3 Å². The molecule has 3 nitrogen and oxygen atoms in total. The summed E-state index contributed by atoms with van der Waals surface area (Å²) in [5, 5.41) is 15.3. The predicted molar refractivity (Wildman–Crippen MR) is 70.2 cm³/mol. The van der Waals surface area contributed by atoms with Gasteiger partial charge in [-0.25, -0.2) is 4.98 Å². The van der Waals surface area contributed by atoms with Crippen LogP contribution < -0.4 is 5.32 Å². The van der Waals surface area contributed by atoms with Gasteiger partial charge in [0.1, 0.15) is 0 Å². The second-order valence-corrected chi connectivity index (χ2v) is 4.79. The first-order valence-corrected chi connectivity index (χ1v) is 6.31. The number of nitrogens with one attached hydrogen (secondary N) is 1. The first kappa shape index (κ1) is 11.6. The van der Waals surface area contributed by atoms with Crippen molar-refractivity contribution in [2.24, 2.45) is 0 Å². The Bertz CT molecular complexity index is 540. The summed E-state index contributed by atoms with van der Waals surface area (Å²) in [5.41, 5.74) is 2.78. The van der Waals surface area contributed by atoms with E-state index in [0.29, 0.717) is 5.56 Å². The number of rotatable bonds is 4. The molecule has 0 saturated carbocycles. The van der Waals surface area contributed by atoms with E-state index in [9.17, 15) is 0 Å². The summed E-state index contributed by atoms with van der Waals surface area (Å²) < 4.78 is 0. The van der Waals surface area contributed by atoms with E-state index in [0.717, 1.165) is 29.4 Å². The van der Waals surface area contributed by atoms with Crippen molar-refractivity contribution in [2.45, 2.75) is 13.3 Å². The molecule has 2 rings (SSSR count). The van der Waals surface area contributed by atoms with Gasteiger partial charge in [0.15, 0.2) is 0 Å². The number of benzene rings is 1. The maximum Gasteiger partial charge on any atom is 0.0992 e. The number of anilines is 1. The Morgan fingerprint density at radius 1 is 1.47 bits per heavy atom. The molecular formula is C13H13N3S. The lowest BCUT2D eigenvalue weighted by atomic mass is 10.2. The van der Waals surface area contributed by atoms with E-state index in [1.54, 1.807) is 17.4 Å². The zero-order valence-electron chi connectivity index (χ0n) is 9.60. The minimum atomic E-state index is 0.680.